The Bertz CT molecular complexity index is 2790. The van der Waals surface area contributed by atoms with Crippen LogP contribution in [0.25, 0.3) is 43.7 Å². The number of anilines is 3. The molecule has 0 aliphatic carbocycles. The Kier molecular flexibility index (Phi) is 16.4. The van der Waals surface area contributed by atoms with Gasteiger partial charge in [0.1, 0.15) is 24.7 Å². The molecule has 0 saturated heterocycles. The summed E-state index contributed by atoms with van der Waals surface area (Å²) in [6.07, 6.45) is 12.4. The van der Waals surface area contributed by atoms with Gasteiger partial charge in [-0.25, -0.2) is 14.6 Å². The van der Waals surface area contributed by atoms with Crippen molar-refractivity contribution >= 4 is 40.3 Å². The number of carbonyl (C=O) groups is 2. The number of thiophene rings is 1. The van der Waals surface area contributed by atoms with Gasteiger partial charge in [0.05, 0.1) is 56.9 Å². The normalized spacial score (nSPS) is 12.8. The Morgan fingerprint density at radius 3 is 1.57 bits per heavy atom. The summed E-state index contributed by atoms with van der Waals surface area (Å²) in [5.74, 6) is 1.79. The molecule has 3 aromatic carbocycles. The first-order valence-electron chi connectivity index (χ1n) is 24.4. The topological polar surface area (TPSA) is 153 Å². The zero-order valence-corrected chi connectivity index (χ0v) is 41.0. The molecule has 2 N–H and O–H groups in total. The van der Waals surface area contributed by atoms with E-state index >= 15 is 0 Å². The van der Waals surface area contributed by atoms with Crippen LogP contribution >= 0.6 is 11.3 Å². The molecule has 0 spiro atoms. The summed E-state index contributed by atoms with van der Waals surface area (Å²) in [5, 5.41) is 19.5. The van der Waals surface area contributed by atoms with Crippen LogP contribution in [0, 0.1) is 11.8 Å². The van der Waals surface area contributed by atoms with Crippen LogP contribution in [0.2, 0.25) is 0 Å². The Morgan fingerprint density at radius 1 is 0.600 bits per heavy atom. The van der Waals surface area contributed by atoms with Gasteiger partial charge in [-0.2, -0.15) is 0 Å². The van der Waals surface area contributed by atoms with Gasteiger partial charge in [0.15, 0.2) is 11.5 Å². The first kappa shape index (κ1) is 49.2. The molecule has 362 valence electrons. The van der Waals surface area contributed by atoms with E-state index in [1.165, 1.54) is 69.0 Å². The number of aromatic carboxylic acids is 2. The highest BCUT2D eigenvalue weighted by molar-refractivity contribution is 7.19. The Morgan fingerprint density at radius 2 is 1.09 bits per heavy atom. The lowest BCUT2D eigenvalue weighted by atomic mass is 10.0. The second kappa shape index (κ2) is 23.4. The van der Waals surface area contributed by atoms with Gasteiger partial charge in [0.25, 0.3) is 0 Å². The van der Waals surface area contributed by atoms with E-state index in [4.69, 9.17) is 23.9 Å². The van der Waals surface area contributed by atoms with Crippen molar-refractivity contribution in [3.63, 3.8) is 0 Å². The first-order valence-corrected chi connectivity index (χ1v) is 25.2. The number of carboxylic acids is 2. The molecule has 13 heteroatoms. The molecule has 8 rings (SSSR count). The Labute approximate surface area is 413 Å². The molecule has 2 atom stereocenters. The summed E-state index contributed by atoms with van der Waals surface area (Å²) in [7, 11) is 0. The van der Waals surface area contributed by atoms with Gasteiger partial charge in [-0.3, -0.25) is 9.97 Å². The van der Waals surface area contributed by atoms with Gasteiger partial charge in [0, 0.05) is 35.0 Å². The molecule has 5 heterocycles. The van der Waals surface area contributed by atoms with Crippen LogP contribution in [0.3, 0.4) is 0 Å². The van der Waals surface area contributed by atoms with E-state index in [2.05, 4.69) is 115 Å². The summed E-state index contributed by atoms with van der Waals surface area (Å²) in [5.41, 5.74) is 5.84. The number of unbranched alkanes of at least 4 members (excludes halogenated alkanes) is 2. The number of ether oxygens (including phenoxy) is 4. The highest BCUT2D eigenvalue weighted by Gasteiger charge is 2.27. The highest BCUT2D eigenvalue weighted by Crippen LogP contribution is 2.54. The highest BCUT2D eigenvalue weighted by atomic mass is 32.1. The van der Waals surface area contributed by atoms with Crippen molar-refractivity contribution in [3.8, 4) is 66.7 Å². The van der Waals surface area contributed by atoms with E-state index in [9.17, 15) is 19.8 Å². The zero-order chi connectivity index (χ0) is 49.0. The molecule has 4 aromatic heterocycles. The molecule has 1 aliphatic rings. The summed E-state index contributed by atoms with van der Waals surface area (Å²) in [4.78, 5) is 41.5. The number of carboxylic acid groups (broad SMARTS) is 2. The second-order valence-corrected chi connectivity index (χ2v) is 18.6. The summed E-state index contributed by atoms with van der Waals surface area (Å²) < 4.78 is 25.2. The lowest BCUT2D eigenvalue weighted by Gasteiger charge is -2.26. The van der Waals surface area contributed by atoms with Gasteiger partial charge in [-0.15, -0.1) is 11.3 Å². The first-order chi connectivity index (χ1) is 34.2. The van der Waals surface area contributed by atoms with E-state index < -0.39 is 11.9 Å². The molecule has 12 nitrogen and oxygen atoms in total. The zero-order valence-electron chi connectivity index (χ0n) is 40.2. The number of aromatic nitrogens is 3. The number of hydrogen-bond acceptors (Lipinski definition) is 11. The van der Waals surface area contributed by atoms with Gasteiger partial charge < -0.3 is 34.1 Å². The fourth-order valence-corrected chi connectivity index (χ4v) is 9.63. The SMILES string of the molecule is CCCCC(CC)COc1ccc(N(c2ccc(OCC(CC)CCCC)cc2)c2ccc(-c3sc(-c4ccc(-c5cc(C(=O)O)cc(-c6cc(C(=O)O)ccn6)n5)nc4)c4c3OCCO4)cc2)cc1. The maximum absolute atomic E-state index is 12.2. The number of hydrogen-bond donors (Lipinski definition) is 2. The lowest BCUT2D eigenvalue weighted by molar-refractivity contribution is 0.0686. The van der Waals surface area contributed by atoms with Crippen LogP contribution in [0.5, 0.6) is 23.0 Å². The predicted molar refractivity (Wildman–Crippen MR) is 277 cm³/mol. The average molecular weight is 961 g/mol. The molecular weight excluding hydrogens is 901 g/mol. The van der Waals surface area contributed by atoms with Crippen molar-refractivity contribution in [3.05, 3.63) is 133 Å². The van der Waals surface area contributed by atoms with Crippen molar-refractivity contribution < 1.29 is 38.7 Å². The van der Waals surface area contributed by atoms with Gasteiger partial charge in [-0.05, 0) is 127 Å². The summed E-state index contributed by atoms with van der Waals surface area (Å²) in [6.45, 7) is 11.2. The molecule has 7 aromatic rings. The number of nitrogens with zero attached hydrogens (tertiary/aromatic N) is 4. The molecule has 70 heavy (non-hydrogen) atoms. The average Bonchev–Trinajstić information content (AvgIpc) is 3.79. The molecule has 0 saturated carbocycles. The number of rotatable bonds is 23. The van der Waals surface area contributed by atoms with Crippen molar-refractivity contribution in [1.82, 2.24) is 15.0 Å². The third kappa shape index (κ3) is 11.8. The Balaban J connectivity index is 1.07. The third-order valence-corrected chi connectivity index (χ3v) is 13.9. The van der Waals surface area contributed by atoms with Crippen molar-refractivity contribution in [1.29, 1.82) is 0 Å². The molecular formula is C57H60N4O8S. The number of benzene rings is 3. The minimum atomic E-state index is -1.16. The summed E-state index contributed by atoms with van der Waals surface area (Å²) in [6, 6.07) is 34.3. The van der Waals surface area contributed by atoms with Crippen LogP contribution < -0.4 is 23.8 Å². The quantitative estimate of drug-likeness (QED) is 0.0627. The van der Waals surface area contributed by atoms with Crippen LogP contribution in [0.4, 0.5) is 17.1 Å². The van der Waals surface area contributed by atoms with E-state index in [0.717, 1.165) is 62.3 Å². The molecule has 1 aliphatic heterocycles. The minimum absolute atomic E-state index is 0.00893. The predicted octanol–water partition coefficient (Wildman–Crippen LogP) is 14.4. The standard InChI is InChI=1S/C57H60N4O8S/c1-5-9-11-37(7-3)35-68-46-22-18-44(19-23-46)61(45-20-24-47(25-21-45)69-36-38(8-4)12-10-6-2)43-16-13-39(14-17-43)54-52-53(67-30-29-66-52)55(70-54)41-15-26-48(59-34-41)50-32-42(57(64)65)33-51(60-50)49-31-40(56(62)63)27-28-58-49/h13-28,31-34,37-38H,5-12,29-30,35-36H2,1-4H3,(H,62,63)(H,64,65). The number of fused-ring (bicyclic) bond motifs is 1. The monoisotopic (exact) mass is 960 g/mol. The molecule has 0 amide bonds. The maximum atomic E-state index is 12.2. The molecule has 2 unspecified atom stereocenters. The largest absolute Gasteiger partial charge is 0.493 e. The van der Waals surface area contributed by atoms with Crippen molar-refractivity contribution in [2.75, 3.05) is 31.3 Å². The smallest absolute Gasteiger partial charge is 0.335 e. The minimum Gasteiger partial charge on any atom is -0.493 e. The van der Waals surface area contributed by atoms with Crippen molar-refractivity contribution in [2.45, 2.75) is 79.1 Å². The van der Waals surface area contributed by atoms with Crippen molar-refractivity contribution in [2.24, 2.45) is 11.8 Å². The third-order valence-electron chi connectivity index (χ3n) is 12.7. The van der Waals surface area contributed by atoms with Crippen LogP contribution in [0.15, 0.2) is 122 Å². The van der Waals surface area contributed by atoms with Crippen LogP contribution in [0.1, 0.15) is 99.8 Å². The molecule has 0 radical (unpaired) electrons. The van der Waals surface area contributed by atoms with Gasteiger partial charge >= 0.3 is 11.9 Å². The van der Waals surface area contributed by atoms with E-state index in [-0.39, 0.29) is 22.5 Å². The fraction of sp³-hybridized carbons (Fsp3) is 0.316. The van der Waals surface area contributed by atoms with E-state index in [1.54, 1.807) is 23.6 Å². The summed E-state index contributed by atoms with van der Waals surface area (Å²) >= 11 is 1.55. The fourth-order valence-electron chi connectivity index (χ4n) is 8.45. The number of pyridine rings is 3. The van der Waals surface area contributed by atoms with Crippen LogP contribution in [-0.2, 0) is 0 Å². The van der Waals surface area contributed by atoms with Gasteiger partial charge in [0.2, 0.25) is 0 Å². The maximum Gasteiger partial charge on any atom is 0.335 e. The Hall–Kier alpha value is -7.25. The second-order valence-electron chi connectivity index (χ2n) is 17.5. The molecule has 0 fully saturated rings. The van der Waals surface area contributed by atoms with Gasteiger partial charge in [-0.1, -0.05) is 78.4 Å². The van der Waals surface area contributed by atoms with Crippen LogP contribution in [-0.4, -0.2) is 63.5 Å². The van der Waals surface area contributed by atoms with E-state index in [0.29, 0.717) is 61.2 Å². The lowest BCUT2D eigenvalue weighted by Crippen LogP contribution is -2.14. The molecule has 0 bridgehead atoms. The van der Waals surface area contributed by atoms with E-state index in [1.807, 2.05) is 6.07 Å².